The van der Waals surface area contributed by atoms with Gasteiger partial charge in [-0.3, -0.25) is 9.48 Å². The molecule has 0 spiro atoms. The van der Waals surface area contributed by atoms with Gasteiger partial charge in [-0.1, -0.05) is 12.1 Å². The van der Waals surface area contributed by atoms with Crippen LogP contribution in [0, 0.1) is 0 Å². The largest absolute Gasteiger partial charge is 0.380 e. The van der Waals surface area contributed by atoms with E-state index in [4.69, 9.17) is 10.5 Å². The second kappa shape index (κ2) is 10.5. The summed E-state index contributed by atoms with van der Waals surface area (Å²) in [7, 11) is 1.55. The molecule has 2 aromatic rings. The Labute approximate surface area is 156 Å². The number of amides is 1. The van der Waals surface area contributed by atoms with Crippen LogP contribution in [0.3, 0.4) is 0 Å². The zero-order valence-electron chi connectivity index (χ0n) is 13.4. The van der Waals surface area contributed by atoms with Crippen molar-refractivity contribution in [3.63, 3.8) is 0 Å². The van der Waals surface area contributed by atoms with E-state index in [2.05, 4.69) is 26.3 Å². The molecule has 6 nitrogen and oxygen atoms in total. The van der Waals surface area contributed by atoms with E-state index in [0.29, 0.717) is 6.54 Å². The molecular formula is C16H22BrClN4O2. The van der Waals surface area contributed by atoms with E-state index < -0.39 is 0 Å². The summed E-state index contributed by atoms with van der Waals surface area (Å²) in [5.74, 6) is -0.101. The highest BCUT2D eigenvalue weighted by atomic mass is 79.9. The van der Waals surface area contributed by atoms with E-state index in [0.717, 1.165) is 23.1 Å². The minimum absolute atomic E-state index is 0. The predicted octanol–water partition coefficient (Wildman–Crippen LogP) is 2.61. The summed E-state index contributed by atoms with van der Waals surface area (Å²) in [4.78, 5) is 11.9. The fourth-order valence-corrected chi connectivity index (χ4v) is 2.47. The summed E-state index contributed by atoms with van der Waals surface area (Å²) in [6.45, 7) is 1.13. The van der Waals surface area contributed by atoms with Crippen LogP contribution in [-0.4, -0.2) is 35.4 Å². The van der Waals surface area contributed by atoms with Crippen LogP contribution in [0.5, 0.6) is 0 Å². The summed E-state index contributed by atoms with van der Waals surface area (Å²) in [5.41, 5.74) is 7.47. The van der Waals surface area contributed by atoms with Crippen LogP contribution >= 0.6 is 28.3 Å². The lowest BCUT2D eigenvalue weighted by Gasteiger charge is -2.12. The standard InChI is InChI=1S/C16H21BrN4O2.ClH/c1-23-15(9-18)8-16(22)20-14-4-2-12(3-5-14)6-7-21-11-13(17)10-19-21;/h2-5,10-11,15H,6-9,18H2,1H3,(H,20,22);1H. The maximum atomic E-state index is 11.9. The molecule has 0 radical (unpaired) electrons. The van der Waals surface area contributed by atoms with Gasteiger partial charge >= 0.3 is 0 Å². The topological polar surface area (TPSA) is 82.2 Å². The Morgan fingerprint density at radius 3 is 2.67 bits per heavy atom. The molecule has 0 fully saturated rings. The highest BCUT2D eigenvalue weighted by Crippen LogP contribution is 2.12. The van der Waals surface area contributed by atoms with Crippen molar-refractivity contribution in [2.45, 2.75) is 25.5 Å². The van der Waals surface area contributed by atoms with Gasteiger partial charge in [0, 0.05) is 32.1 Å². The van der Waals surface area contributed by atoms with E-state index in [1.807, 2.05) is 35.1 Å². The first-order chi connectivity index (χ1) is 11.1. The molecule has 0 saturated carbocycles. The first-order valence-corrected chi connectivity index (χ1v) is 8.19. The number of nitrogens with one attached hydrogen (secondary N) is 1. The van der Waals surface area contributed by atoms with Crippen LogP contribution < -0.4 is 11.1 Å². The zero-order chi connectivity index (χ0) is 16.7. The first-order valence-electron chi connectivity index (χ1n) is 7.40. The normalized spacial score (nSPS) is 11.6. The van der Waals surface area contributed by atoms with Gasteiger partial charge in [0.15, 0.2) is 0 Å². The number of anilines is 1. The minimum Gasteiger partial charge on any atom is -0.380 e. The molecule has 2 rings (SSSR count). The van der Waals surface area contributed by atoms with Gasteiger partial charge in [-0.15, -0.1) is 12.4 Å². The van der Waals surface area contributed by atoms with Gasteiger partial charge in [0.2, 0.25) is 5.91 Å². The third kappa shape index (κ3) is 6.60. The third-order valence-corrected chi connectivity index (χ3v) is 3.89. The Bertz CT molecular complexity index is 629. The van der Waals surface area contributed by atoms with Crippen molar-refractivity contribution in [3.05, 3.63) is 46.7 Å². The van der Waals surface area contributed by atoms with Crippen molar-refractivity contribution in [2.24, 2.45) is 5.73 Å². The molecule has 1 aromatic carbocycles. The zero-order valence-corrected chi connectivity index (χ0v) is 15.8. The number of methoxy groups -OCH3 is 1. The number of ether oxygens (including phenoxy) is 1. The molecule has 3 N–H and O–H groups in total. The second-order valence-electron chi connectivity index (χ2n) is 5.21. The number of aryl methyl sites for hydroxylation is 2. The van der Waals surface area contributed by atoms with Gasteiger partial charge in [-0.2, -0.15) is 5.10 Å². The Morgan fingerprint density at radius 2 is 2.12 bits per heavy atom. The van der Waals surface area contributed by atoms with E-state index >= 15 is 0 Å². The molecule has 1 heterocycles. The Hall–Kier alpha value is -1.41. The number of aromatic nitrogens is 2. The number of carbonyl (C=O) groups excluding carboxylic acids is 1. The average molecular weight is 418 g/mol. The van der Waals surface area contributed by atoms with Crippen LogP contribution in [0.2, 0.25) is 0 Å². The molecule has 0 saturated heterocycles. The molecule has 0 aliphatic rings. The SMILES string of the molecule is COC(CN)CC(=O)Nc1ccc(CCn2cc(Br)cn2)cc1.Cl. The van der Waals surface area contributed by atoms with E-state index in [1.54, 1.807) is 13.3 Å². The van der Waals surface area contributed by atoms with E-state index in [-0.39, 0.29) is 30.8 Å². The lowest BCUT2D eigenvalue weighted by molar-refractivity contribution is -0.118. The number of nitrogens with two attached hydrogens (primary N) is 1. The summed E-state index contributed by atoms with van der Waals surface area (Å²) in [6, 6.07) is 7.81. The molecule has 8 heteroatoms. The fraction of sp³-hybridized carbons (Fsp3) is 0.375. The molecule has 1 atom stereocenters. The number of benzene rings is 1. The molecule has 132 valence electrons. The van der Waals surface area contributed by atoms with Crippen LogP contribution in [0.15, 0.2) is 41.1 Å². The number of hydrogen-bond acceptors (Lipinski definition) is 4. The summed E-state index contributed by atoms with van der Waals surface area (Å²) in [6.07, 6.45) is 4.60. The van der Waals surface area contributed by atoms with Crippen LogP contribution in [0.25, 0.3) is 0 Å². The average Bonchev–Trinajstić information content (AvgIpc) is 2.97. The fourth-order valence-electron chi connectivity index (χ4n) is 2.14. The van der Waals surface area contributed by atoms with Crippen LogP contribution in [0.1, 0.15) is 12.0 Å². The smallest absolute Gasteiger partial charge is 0.227 e. The summed E-state index contributed by atoms with van der Waals surface area (Å²) in [5, 5.41) is 7.07. The van der Waals surface area contributed by atoms with Gasteiger partial charge in [-0.05, 0) is 40.0 Å². The number of nitrogens with zero attached hydrogens (tertiary/aromatic N) is 2. The van der Waals surface area contributed by atoms with Crippen LogP contribution in [-0.2, 0) is 22.5 Å². The van der Waals surface area contributed by atoms with Crippen LogP contribution in [0.4, 0.5) is 5.69 Å². The summed E-state index contributed by atoms with van der Waals surface area (Å²) >= 11 is 3.38. The minimum atomic E-state index is -0.248. The maximum absolute atomic E-state index is 11.9. The van der Waals surface area contributed by atoms with Gasteiger partial charge in [0.05, 0.1) is 23.2 Å². The molecule has 1 amide bonds. The van der Waals surface area contributed by atoms with Crippen molar-refractivity contribution >= 4 is 39.9 Å². The van der Waals surface area contributed by atoms with Crippen molar-refractivity contribution in [1.82, 2.24) is 9.78 Å². The molecular weight excluding hydrogens is 396 g/mol. The molecule has 1 unspecified atom stereocenters. The molecule has 0 aliphatic carbocycles. The van der Waals surface area contributed by atoms with Crippen molar-refractivity contribution in [1.29, 1.82) is 0 Å². The van der Waals surface area contributed by atoms with Gasteiger partial charge in [0.1, 0.15) is 0 Å². The highest BCUT2D eigenvalue weighted by molar-refractivity contribution is 9.10. The van der Waals surface area contributed by atoms with Crippen molar-refractivity contribution < 1.29 is 9.53 Å². The lowest BCUT2D eigenvalue weighted by Crippen LogP contribution is -2.28. The van der Waals surface area contributed by atoms with E-state index in [9.17, 15) is 4.79 Å². The highest BCUT2D eigenvalue weighted by Gasteiger charge is 2.11. The van der Waals surface area contributed by atoms with Gasteiger partial charge < -0.3 is 15.8 Å². The molecule has 24 heavy (non-hydrogen) atoms. The first kappa shape index (κ1) is 20.6. The summed E-state index contributed by atoms with van der Waals surface area (Å²) < 4.78 is 7.97. The Morgan fingerprint density at radius 1 is 1.42 bits per heavy atom. The third-order valence-electron chi connectivity index (χ3n) is 3.48. The molecule has 0 aliphatic heterocycles. The lowest BCUT2D eigenvalue weighted by atomic mass is 10.1. The van der Waals surface area contributed by atoms with Crippen molar-refractivity contribution in [3.8, 4) is 0 Å². The second-order valence-corrected chi connectivity index (χ2v) is 6.13. The van der Waals surface area contributed by atoms with E-state index in [1.165, 1.54) is 5.56 Å². The maximum Gasteiger partial charge on any atom is 0.227 e. The molecule has 1 aromatic heterocycles. The Kier molecular flexibility index (Phi) is 8.99. The Balaban J connectivity index is 0.00000288. The molecule has 0 bridgehead atoms. The van der Waals surface area contributed by atoms with Crippen molar-refractivity contribution in [2.75, 3.05) is 19.0 Å². The number of halogens is 2. The quantitative estimate of drug-likeness (QED) is 0.692. The monoisotopic (exact) mass is 416 g/mol. The number of carbonyl (C=O) groups is 1. The number of rotatable bonds is 8. The predicted molar refractivity (Wildman–Crippen MR) is 100 cm³/mol. The van der Waals surface area contributed by atoms with Gasteiger partial charge in [-0.25, -0.2) is 0 Å². The number of hydrogen-bond donors (Lipinski definition) is 2. The van der Waals surface area contributed by atoms with Gasteiger partial charge in [0.25, 0.3) is 0 Å².